The highest BCUT2D eigenvalue weighted by Gasteiger charge is 2.21. The number of ether oxygens (including phenoxy) is 1. The van der Waals surface area contributed by atoms with Gasteiger partial charge in [0.05, 0.1) is 18.3 Å². The first-order chi connectivity index (χ1) is 9.65. The molecule has 3 N–H and O–H groups in total. The van der Waals surface area contributed by atoms with E-state index in [-0.39, 0.29) is 11.9 Å². The van der Waals surface area contributed by atoms with Crippen LogP contribution >= 0.6 is 22.9 Å². The molecule has 0 radical (unpaired) electrons. The fourth-order valence-corrected chi connectivity index (χ4v) is 3.54. The van der Waals surface area contributed by atoms with E-state index >= 15 is 0 Å². The van der Waals surface area contributed by atoms with Gasteiger partial charge in [-0.3, -0.25) is 4.79 Å². The fraction of sp³-hybridized carbons (Fsp3) is 0.357. The lowest BCUT2D eigenvalue weighted by atomic mass is 10.1. The Labute approximate surface area is 125 Å². The molecule has 1 saturated heterocycles. The first kappa shape index (κ1) is 13.7. The van der Waals surface area contributed by atoms with Crippen molar-refractivity contribution in [3.8, 4) is 0 Å². The van der Waals surface area contributed by atoms with Crippen LogP contribution in [0, 0.1) is 0 Å². The number of carbonyl (C=O) groups excluding carboxylic acids is 1. The molecule has 0 saturated carbocycles. The number of amides is 1. The molecule has 0 aliphatic carbocycles. The molecule has 3 rings (SSSR count). The molecule has 106 valence electrons. The number of benzene rings is 1. The number of nitrogen functional groups attached to an aromatic ring is 1. The van der Waals surface area contributed by atoms with E-state index in [1.165, 1.54) is 11.3 Å². The average molecular weight is 311 g/mol. The second kappa shape index (κ2) is 5.60. The number of hydrogen-bond acceptors (Lipinski definition) is 4. The van der Waals surface area contributed by atoms with Gasteiger partial charge in [0.1, 0.15) is 4.88 Å². The highest BCUT2D eigenvalue weighted by molar-refractivity contribution is 7.21. The number of halogens is 1. The Bertz CT molecular complexity index is 650. The van der Waals surface area contributed by atoms with Gasteiger partial charge in [0.25, 0.3) is 5.91 Å². The van der Waals surface area contributed by atoms with Gasteiger partial charge in [-0.15, -0.1) is 11.3 Å². The zero-order valence-corrected chi connectivity index (χ0v) is 12.4. The monoisotopic (exact) mass is 310 g/mol. The minimum absolute atomic E-state index is 0.0736. The summed E-state index contributed by atoms with van der Waals surface area (Å²) >= 11 is 7.36. The standard InChI is InChI=1S/C14H15ClN2O2S/c15-8-3-4-11-10(6-8)12(16)13(20-11)14(18)17-9-2-1-5-19-7-9/h3-4,6,9H,1-2,5,7,16H2,(H,17,18). The minimum atomic E-state index is -0.129. The molecule has 6 heteroatoms. The van der Waals surface area contributed by atoms with Crippen LogP contribution in [0.1, 0.15) is 22.5 Å². The summed E-state index contributed by atoms with van der Waals surface area (Å²) in [6, 6.07) is 5.56. The summed E-state index contributed by atoms with van der Waals surface area (Å²) in [5.41, 5.74) is 6.58. The summed E-state index contributed by atoms with van der Waals surface area (Å²) in [4.78, 5) is 12.9. The van der Waals surface area contributed by atoms with Crippen molar-refractivity contribution in [2.24, 2.45) is 0 Å². The topological polar surface area (TPSA) is 64.4 Å². The number of thiophene rings is 1. The van der Waals surface area contributed by atoms with E-state index < -0.39 is 0 Å². The van der Waals surface area contributed by atoms with Gasteiger partial charge in [-0.1, -0.05) is 11.6 Å². The smallest absolute Gasteiger partial charge is 0.263 e. The maximum atomic E-state index is 12.3. The van der Waals surface area contributed by atoms with E-state index in [0.717, 1.165) is 29.5 Å². The lowest BCUT2D eigenvalue weighted by Gasteiger charge is -2.22. The van der Waals surface area contributed by atoms with Gasteiger partial charge in [0.2, 0.25) is 0 Å². The maximum absolute atomic E-state index is 12.3. The Morgan fingerprint density at radius 3 is 3.10 bits per heavy atom. The van der Waals surface area contributed by atoms with Crippen LogP contribution in [-0.2, 0) is 4.74 Å². The molecule has 0 spiro atoms. The zero-order valence-electron chi connectivity index (χ0n) is 10.8. The van der Waals surface area contributed by atoms with Crippen molar-refractivity contribution in [1.82, 2.24) is 5.32 Å². The third-order valence-electron chi connectivity index (χ3n) is 3.39. The predicted octanol–water partition coefficient (Wildman–Crippen LogP) is 3.05. The van der Waals surface area contributed by atoms with Gasteiger partial charge in [0.15, 0.2) is 0 Å². The number of fused-ring (bicyclic) bond motifs is 1. The normalized spacial score (nSPS) is 19.1. The van der Waals surface area contributed by atoms with Crippen molar-refractivity contribution in [1.29, 1.82) is 0 Å². The molecular weight excluding hydrogens is 296 g/mol. The van der Waals surface area contributed by atoms with Crippen molar-refractivity contribution in [3.63, 3.8) is 0 Å². The van der Waals surface area contributed by atoms with E-state index in [9.17, 15) is 4.79 Å². The van der Waals surface area contributed by atoms with Crippen LogP contribution in [0.5, 0.6) is 0 Å². The number of carbonyl (C=O) groups is 1. The number of nitrogens with one attached hydrogen (secondary N) is 1. The van der Waals surface area contributed by atoms with Gasteiger partial charge in [0, 0.05) is 21.7 Å². The highest BCUT2D eigenvalue weighted by Crippen LogP contribution is 2.35. The van der Waals surface area contributed by atoms with E-state index in [4.69, 9.17) is 22.1 Å². The van der Waals surface area contributed by atoms with E-state index in [0.29, 0.717) is 22.2 Å². The quantitative estimate of drug-likeness (QED) is 0.896. The van der Waals surface area contributed by atoms with Crippen LogP contribution in [-0.4, -0.2) is 25.2 Å². The number of hydrogen-bond donors (Lipinski definition) is 2. The Morgan fingerprint density at radius 1 is 1.50 bits per heavy atom. The highest BCUT2D eigenvalue weighted by atomic mass is 35.5. The molecule has 2 aromatic rings. The molecule has 1 atom stereocenters. The van der Waals surface area contributed by atoms with Crippen molar-refractivity contribution in [2.45, 2.75) is 18.9 Å². The summed E-state index contributed by atoms with van der Waals surface area (Å²) in [5, 5.41) is 4.45. The minimum Gasteiger partial charge on any atom is -0.397 e. The van der Waals surface area contributed by atoms with Crippen molar-refractivity contribution < 1.29 is 9.53 Å². The lowest BCUT2D eigenvalue weighted by Crippen LogP contribution is -2.40. The second-order valence-corrected chi connectivity index (χ2v) is 6.36. The molecule has 2 heterocycles. The van der Waals surface area contributed by atoms with Crippen LogP contribution in [0.2, 0.25) is 5.02 Å². The number of anilines is 1. The first-order valence-electron chi connectivity index (χ1n) is 6.51. The molecular formula is C14H15ClN2O2S. The summed E-state index contributed by atoms with van der Waals surface area (Å²) in [5.74, 6) is -0.129. The molecule has 1 aromatic heterocycles. The van der Waals surface area contributed by atoms with Crippen molar-refractivity contribution in [2.75, 3.05) is 18.9 Å². The molecule has 0 bridgehead atoms. The third-order valence-corrected chi connectivity index (χ3v) is 4.81. The van der Waals surface area contributed by atoms with E-state index in [1.807, 2.05) is 6.07 Å². The maximum Gasteiger partial charge on any atom is 0.263 e. The van der Waals surface area contributed by atoms with Crippen LogP contribution in [0.15, 0.2) is 18.2 Å². The van der Waals surface area contributed by atoms with Gasteiger partial charge < -0.3 is 15.8 Å². The van der Waals surface area contributed by atoms with Crippen LogP contribution in [0.25, 0.3) is 10.1 Å². The molecule has 1 aliphatic heterocycles. The lowest BCUT2D eigenvalue weighted by molar-refractivity contribution is 0.0626. The van der Waals surface area contributed by atoms with Crippen molar-refractivity contribution in [3.05, 3.63) is 28.1 Å². The van der Waals surface area contributed by atoms with E-state index in [1.54, 1.807) is 12.1 Å². The van der Waals surface area contributed by atoms with Crippen LogP contribution in [0.3, 0.4) is 0 Å². The Hall–Kier alpha value is -1.30. The number of nitrogens with two attached hydrogens (primary N) is 1. The molecule has 1 aromatic carbocycles. The fourth-order valence-electron chi connectivity index (χ4n) is 2.36. The number of rotatable bonds is 2. The summed E-state index contributed by atoms with van der Waals surface area (Å²) < 4.78 is 6.33. The van der Waals surface area contributed by atoms with Crippen LogP contribution < -0.4 is 11.1 Å². The molecule has 20 heavy (non-hydrogen) atoms. The second-order valence-electron chi connectivity index (χ2n) is 4.87. The SMILES string of the molecule is Nc1c(C(=O)NC2CCCOC2)sc2ccc(Cl)cc12. The van der Waals surface area contributed by atoms with Gasteiger partial charge in [-0.05, 0) is 31.0 Å². The Balaban J connectivity index is 1.85. The average Bonchev–Trinajstić information content (AvgIpc) is 2.77. The first-order valence-corrected chi connectivity index (χ1v) is 7.71. The molecule has 1 aliphatic rings. The van der Waals surface area contributed by atoms with Gasteiger partial charge >= 0.3 is 0 Å². The summed E-state index contributed by atoms with van der Waals surface area (Å²) in [6.07, 6.45) is 1.92. The van der Waals surface area contributed by atoms with Gasteiger partial charge in [-0.25, -0.2) is 0 Å². The molecule has 1 amide bonds. The Kier molecular flexibility index (Phi) is 3.83. The van der Waals surface area contributed by atoms with E-state index in [2.05, 4.69) is 5.32 Å². The predicted molar refractivity (Wildman–Crippen MR) is 82.6 cm³/mol. The molecule has 1 unspecified atom stereocenters. The largest absolute Gasteiger partial charge is 0.397 e. The van der Waals surface area contributed by atoms with Gasteiger partial charge in [-0.2, -0.15) is 0 Å². The van der Waals surface area contributed by atoms with Crippen molar-refractivity contribution >= 4 is 44.6 Å². The Morgan fingerprint density at radius 2 is 2.35 bits per heavy atom. The zero-order chi connectivity index (χ0) is 14.1. The molecule has 1 fully saturated rings. The summed E-state index contributed by atoms with van der Waals surface area (Å²) in [6.45, 7) is 1.35. The third kappa shape index (κ3) is 2.61. The van der Waals surface area contributed by atoms with Crippen LogP contribution in [0.4, 0.5) is 5.69 Å². The molecule has 4 nitrogen and oxygen atoms in total. The summed E-state index contributed by atoms with van der Waals surface area (Å²) in [7, 11) is 0.